The lowest BCUT2D eigenvalue weighted by Crippen LogP contribution is -2.53. The Balaban J connectivity index is 0.00000243. The molecule has 0 aliphatic carbocycles. The number of aliphatic hydroxyl groups is 1. The Bertz CT molecular complexity index is 672. The van der Waals surface area contributed by atoms with Crippen molar-refractivity contribution in [2.45, 2.75) is 25.5 Å². The summed E-state index contributed by atoms with van der Waals surface area (Å²) in [6.45, 7) is 2.87. The molecule has 2 heterocycles. The molecule has 1 aliphatic heterocycles. The third-order valence-corrected chi connectivity index (χ3v) is 4.62. The van der Waals surface area contributed by atoms with Gasteiger partial charge in [-0.25, -0.2) is 14.4 Å². The highest BCUT2D eigenvalue weighted by Gasteiger charge is 2.26. The van der Waals surface area contributed by atoms with Gasteiger partial charge >= 0.3 is 0 Å². The molecule has 142 valence electrons. The van der Waals surface area contributed by atoms with Gasteiger partial charge in [-0.05, 0) is 37.0 Å². The normalized spacial score (nSPS) is 17.8. The molecule has 0 saturated carbocycles. The van der Waals surface area contributed by atoms with Gasteiger partial charge in [-0.1, -0.05) is 23.7 Å². The van der Waals surface area contributed by atoms with Crippen molar-refractivity contribution in [3.8, 4) is 0 Å². The minimum absolute atomic E-state index is 0. The largest absolute Gasteiger partial charge is 0.376 e. The first-order valence-electron chi connectivity index (χ1n) is 8.51. The molecule has 0 spiro atoms. The summed E-state index contributed by atoms with van der Waals surface area (Å²) in [4.78, 5) is 12.5. The van der Waals surface area contributed by atoms with E-state index in [0.717, 1.165) is 44.5 Å². The van der Waals surface area contributed by atoms with Gasteiger partial charge in [-0.3, -0.25) is 4.90 Å². The second-order valence-electron chi connectivity index (χ2n) is 6.25. The topological polar surface area (TPSA) is 52.5 Å². The predicted molar refractivity (Wildman–Crippen MR) is 103 cm³/mol. The van der Waals surface area contributed by atoms with E-state index in [1.807, 2.05) is 17.0 Å². The highest BCUT2D eigenvalue weighted by atomic mass is 35.5. The van der Waals surface area contributed by atoms with E-state index in [1.165, 1.54) is 12.1 Å². The molecule has 1 N–H and O–H groups in total. The predicted octanol–water partition coefficient (Wildman–Crippen LogP) is 3.15. The number of piperazine rings is 1. The van der Waals surface area contributed by atoms with Gasteiger partial charge in [0.25, 0.3) is 0 Å². The van der Waals surface area contributed by atoms with Gasteiger partial charge < -0.3 is 10.0 Å². The summed E-state index contributed by atoms with van der Waals surface area (Å²) < 4.78 is 12.9. The number of halogens is 3. The smallest absolute Gasteiger partial charge is 0.225 e. The van der Waals surface area contributed by atoms with Gasteiger partial charge in [0.2, 0.25) is 5.95 Å². The Kier molecular flexibility index (Phi) is 8.03. The third kappa shape index (κ3) is 5.77. The molecule has 1 atom stereocenters. The number of aliphatic hydroxyl groups excluding tert-OH is 1. The SMILES string of the molecule is Cl.OC1CN(c2ncc(Cl)cn2)CCN1CCCCc1ccc(F)cc1. The summed E-state index contributed by atoms with van der Waals surface area (Å²) in [6.07, 6.45) is 5.54. The molecule has 1 aromatic carbocycles. The fourth-order valence-electron chi connectivity index (χ4n) is 3.01. The molecule has 0 amide bonds. The lowest BCUT2D eigenvalue weighted by Gasteiger charge is -2.38. The number of hydrogen-bond donors (Lipinski definition) is 1. The maximum absolute atomic E-state index is 12.9. The summed E-state index contributed by atoms with van der Waals surface area (Å²) in [5, 5.41) is 10.9. The molecule has 26 heavy (non-hydrogen) atoms. The van der Waals surface area contributed by atoms with E-state index in [2.05, 4.69) is 14.9 Å². The fourth-order valence-corrected chi connectivity index (χ4v) is 3.11. The van der Waals surface area contributed by atoms with Crippen LogP contribution in [0.2, 0.25) is 5.02 Å². The molecule has 5 nitrogen and oxygen atoms in total. The number of aryl methyl sites for hydroxylation is 1. The average molecular weight is 401 g/mol. The average Bonchev–Trinajstić information content (AvgIpc) is 2.62. The minimum Gasteiger partial charge on any atom is -0.376 e. The van der Waals surface area contributed by atoms with Crippen LogP contribution in [0, 0.1) is 5.82 Å². The van der Waals surface area contributed by atoms with Gasteiger partial charge in [-0.2, -0.15) is 0 Å². The Morgan fingerprint density at radius 1 is 1.12 bits per heavy atom. The highest BCUT2D eigenvalue weighted by molar-refractivity contribution is 6.30. The maximum atomic E-state index is 12.9. The molecule has 0 bridgehead atoms. The molecule has 1 aromatic heterocycles. The molecule has 8 heteroatoms. The first-order chi connectivity index (χ1) is 12.1. The summed E-state index contributed by atoms with van der Waals surface area (Å²) in [5.41, 5.74) is 1.15. The first kappa shape index (κ1) is 20.8. The van der Waals surface area contributed by atoms with Crippen molar-refractivity contribution in [1.29, 1.82) is 0 Å². The summed E-state index contributed by atoms with van der Waals surface area (Å²) >= 11 is 5.81. The van der Waals surface area contributed by atoms with Crippen molar-refractivity contribution in [2.75, 3.05) is 31.1 Å². The standard InChI is InChI=1S/C18H22ClFN4O.ClH/c19-15-11-21-18(22-12-15)24-10-9-23(17(25)13-24)8-2-1-3-14-4-6-16(20)7-5-14;/h4-7,11-12,17,25H,1-3,8-10,13H2;1H. The molecule has 0 radical (unpaired) electrons. The zero-order chi connectivity index (χ0) is 17.6. The van der Waals surface area contributed by atoms with Crippen LogP contribution in [0.3, 0.4) is 0 Å². The summed E-state index contributed by atoms with van der Waals surface area (Å²) in [6, 6.07) is 6.65. The van der Waals surface area contributed by atoms with Crippen molar-refractivity contribution in [2.24, 2.45) is 0 Å². The van der Waals surface area contributed by atoms with Crippen LogP contribution in [0.15, 0.2) is 36.7 Å². The Morgan fingerprint density at radius 2 is 1.81 bits per heavy atom. The van der Waals surface area contributed by atoms with Gasteiger partial charge in [0.1, 0.15) is 12.0 Å². The Hall–Kier alpha value is -1.47. The molecule has 1 fully saturated rings. The van der Waals surface area contributed by atoms with E-state index in [9.17, 15) is 9.50 Å². The van der Waals surface area contributed by atoms with Crippen LogP contribution in [-0.2, 0) is 6.42 Å². The lowest BCUT2D eigenvalue weighted by atomic mass is 10.1. The van der Waals surface area contributed by atoms with Crippen LogP contribution >= 0.6 is 24.0 Å². The van der Waals surface area contributed by atoms with E-state index >= 15 is 0 Å². The van der Waals surface area contributed by atoms with Crippen LogP contribution in [0.5, 0.6) is 0 Å². The molecular weight excluding hydrogens is 378 g/mol. The van der Waals surface area contributed by atoms with Crippen LogP contribution in [0.1, 0.15) is 18.4 Å². The number of hydrogen-bond acceptors (Lipinski definition) is 5. The molecule has 3 rings (SSSR count). The third-order valence-electron chi connectivity index (χ3n) is 4.43. The maximum Gasteiger partial charge on any atom is 0.225 e. The summed E-state index contributed by atoms with van der Waals surface area (Å²) in [5.74, 6) is 0.397. The zero-order valence-corrected chi connectivity index (χ0v) is 16.0. The minimum atomic E-state index is -0.529. The Morgan fingerprint density at radius 3 is 2.46 bits per heavy atom. The van der Waals surface area contributed by atoms with E-state index in [4.69, 9.17) is 11.6 Å². The summed E-state index contributed by atoms with van der Waals surface area (Å²) in [7, 11) is 0. The van der Waals surface area contributed by atoms with Crippen LogP contribution in [-0.4, -0.2) is 52.4 Å². The molecule has 1 unspecified atom stereocenters. The molecule has 1 aliphatic rings. The molecular formula is C18H23Cl2FN4O. The van der Waals surface area contributed by atoms with Crippen molar-refractivity contribution in [1.82, 2.24) is 14.9 Å². The number of aromatic nitrogens is 2. The first-order valence-corrected chi connectivity index (χ1v) is 8.88. The highest BCUT2D eigenvalue weighted by Crippen LogP contribution is 2.16. The second kappa shape index (κ2) is 10.0. The number of anilines is 1. The van der Waals surface area contributed by atoms with Crippen molar-refractivity contribution in [3.05, 3.63) is 53.1 Å². The van der Waals surface area contributed by atoms with Crippen LogP contribution in [0.4, 0.5) is 10.3 Å². The zero-order valence-electron chi connectivity index (χ0n) is 14.4. The monoisotopic (exact) mass is 400 g/mol. The fraction of sp³-hybridized carbons (Fsp3) is 0.444. The number of benzene rings is 1. The number of rotatable bonds is 6. The quantitative estimate of drug-likeness (QED) is 0.754. The Labute approximate surface area is 164 Å². The van der Waals surface area contributed by atoms with E-state index in [0.29, 0.717) is 17.5 Å². The van der Waals surface area contributed by atoms with E-state index in [1.54, 1.807) is 12.4 Å². The van der Waals surface area contributed by atoms with Crippen molar-refractivity contribution < 1.29 is 9.50 Å². The van der Waals surface area contributed by atoms with E-state index in [-0.39, 0.29) is 18.2 Å². The molecule has 2 aromatic rings. The van der Waals surface area contributed by atoms with Crippen molar-refractivity contribution >= 4 is 30.0 Å². The second-order valence-corrected chi connectivity index (χ2v) is 6.68. The van der Waals surface area contributed by atoms with Crippen LogP contribution in [0.25, 0.3) is 0 Å². The van der Waals surface area contributed by atoms with Gasteiger partial charge in [-0.15, -0.1) is 12.4 Å². The van der Waals surface area contributed by atoms with Crippen molar-refractivity contribution in [3.63, 3.8) is 0 Å². The van der Waals surface area contributed by atoms with E-state index < -0.39 is 6.23 Å². The van der Waals surface area contributed by atoms with Gasteiger partial charge in [0.05, 0.1) is 24.0 Å². The lowest BCUT2D eigenvalue weighted by molar-refractivity contribution is -0.00460. The number of unbranched alkanes of at least 4 members (excludes halogenated alkanes) is 1. The molecule has 1 saturated heterocycles. The van der Waals surface area contributed by atoms with Crippen LogP contribution < -0.4 is 4.90 Å². The number of nitrogens with zero attached hydrogens (tertiary/aromatic N) is 4. The van der Waals surface area contributed by atoms with Gasteiger partial charge in [0.15, 0.2) is 0 Å². The van der Waals surface area contributed by atoms with Gasteiger partial charge in [0, 0.05) is 19.6 Å². The number of β-amino-alcohol motifs (C(OH)–C–C–N with tert-alkyl or cyclic N) is 1.